The molecule has 2 atom stereocenters. The zero-order chi connectivity index (χ0) is 14.1. The third-order valence-corrected chi connectivity index (χ3v) is 5.50. The SMILES string of the molecule is NC1CC2CC(NC(=O)Cc3ccccc3Br)CC2C1. The van der Waals surface area contributed by atoms with Crippen LogP contribution in [0, 0.1) is 11.8 Å². The van der Waals surface area contributed by atoms with E-state index in [1.807, 2.05) is 24.3 Å². The Balaban J connectivity index is 1.52. The van der Waals surface area contributed by atoms with Gasteiger partial charge in [-0.3, -0.25) is 4.79 Å². The zero-order valence-corrected chi connectivity index (χ0v) is 13.1. The summed E-state index contributed by atoms with van der Waals surface area (Å²) in [6.45, 7) is 0. The first-order valence-corrected chi connectivity index (χ1v) is 8.19. The van der Waals surface area contributed by atoms with E-state index in [-0.39, 0.29) is 5.91 Å². The molecule has 2 fully saturated rings. The molecule has 0 aliphatic heterocycles. The van der Waals surface area contributed by atoms with Crippen LogP contribution >= 0.6 is 15.9 Å². The normalized spacial score (nSPS) is 32.1. The van der Waals surface area contributed by atoms with Crippen molar-refractivity contribution in [1.29, 1.82) is 0 Å². The molecule has 108 valence electrons. The number of nitrogens with one attached hydrogen (secondary N) is 1. The molecule has 20 heavy (non-hydrogen) atoms. The van der Waals surface area contributed by atoms with E-state index < -0.39 is 0 Å². The molecule has 2 unspecified atom stereocenters. The summed E-state index contributed by atoms with van der Waals surface area (Å²) in [5.41, 5.74) is 7.04. The van der Waals surface area contributed by atoms with Crippen molar-refractivity contribution in [2.45, 2.75) is 44.2 Å². The number of carbonyl (C=O) groups excluding carboxylic acids is 1. The van der Waals surface area contributed by atoms with E-state index in [4.69, 9.17) is 5.73 Å². The van der Waals surface area contributed by atoms with Crippen molar-refractivity contribution in [1.82, 2.24) is 5.32 Å². The topological polar surface area (TPSA) is 55.1 Å². The Morgan fingerprint density at radius 2 is 1.85 bits per heavy atom. The van der Waals surface area contributed by atoms with E-state index in [9.17, 15) is 4.79 Å². The summed E-state index contributed by atoms with van der Waals surface area (Å²) < 4.78 is 1.00. The van der Waals surface area contributed by atoms with Crippen LogP contribution in [-0.4, -0.2) is 18.0 Å². The minimum Gasteiger partial charge on any atom is -0.353 e. The maximum Gasteiger partial charge on any atom is 0.224 e. The second-order valence-electron chi connectivity index (χ2n) is 6.26. The molecule has 0 heterocycles. The molecule has 0 saturated heterocycles. The number of nitrogens with two attached hydrogens (primary N) is 1. The van der Waals surface area contributed by atoms with Crippen molar-refractivity contribution in [3.8, 4) is 0 Å². The van der Waals surface area contributed by atoms with Crippen LogP contribution in [0.15, 0.2) is 28.7 Å². The maximum atomic E-state index is 12.1. The molecule has 1 amide bonds. The summed E-state index contributed by atoms with van der Waals surface area (Å²) in [6, 6.07) is 8.65. The van der Waals surface area contributed by atoms with E-state index in [2.05, 4.69) is 21.2 Å². The van der Waals surface area contributed by atoms with E-state index in [0.29, 0.717) is 18.5 Å². The Morgan fingerprint density at radius 3 is 2.50 bits per heavy atom. The van der Waals surface area contributed by atoms with Gasteiger partial charge in [0.05, 0.1) is 6.42 Å². The van der Waals surface area contributed by atoms with Crippen LogP contribution in [0.1, 0.15) is 31.2 Å². The van der Waals surface area contributed by atoms with Crippen molar-refractivity contribution in [2.24, 2.45) is 17.6 Å². The molecule has 3 nitrogen and oxygen atoms in total. The Labute approximate surface area is 128 Å². The maximum absolute atomic E-state index is 12.1. The van der Waals surface area contributed by atoms with Gasteiger partial charge in [-0.15, -0.1) is 0 Å². The lowest BCUT2D eigenvalue weighted by Gasteiger charge is -2.15. The van der Waals surface area contributed by atoms with Crippen molar-refractivity contribution in [2.75, 3.05) is 0 Å². The molecular weight excluding hydrogens is 316 g/mol. The van der Waals surface area contributed by atoms with Crippen molar-refractivity contribution in [3.63, 3.8) is 0 Å². The highest BCUT2D eigenvalue weighted by molar-refractivity contribution is 9.10. The first-order chi connectivity index (χ1) is 9.61. The van der Waals surface area contributed by atoms with Crippen LogP contribution in [0.2, 0.25) is 0 Å². The van der Waals surface area contributed by atoms with E-state index in [1.54, 1.807) is 0 Å². The number of rotatable bonds is 3. The largest absolute Gasteiger partial charge is 0.353 e. The fourth-order valence-electron chi connectivity index (χ4n) is 3.87. The second-order valence-corrected chi connectivity index (χ2v) is 7.11. The van der Waals surface area contributed by atoms with Crippen molar-refractivity contribution in [3.05, 3.63) is 34.3 Å². The van der Waals surface area contributed by atoms with Crippen LogP contribution < -0.4 is 11.1 Å². The van der Waals surface area contributed by atoms with Gasteiger partial charge >= 0.3 is 0 Å². The standard InChI is InChI=1S/C16H21BrN2O/c17-15-4-2-1-3-10(15)9-16(20)19-14-7-11-5-13(18)6-12(11)8-14/h1-4,11-14H,5-9,18H2,(H,19,20). The van der Waals surface area contributed by atoms with Gasteiger partial charge in [-0.05, 0) is 49.1 Å². The molecule has 2 saturated carbocycles. The summed E-state index contributed by atoms with van der Waals surface area (Å²) in [6.07, 6.45) is 4.95. The molecular formula is C16H21BrN2O. The van der Waals surface area contributed by atoms with Crippen molar-refractivity contribution < 1.29 is 4.79 Å². The lowest BCUT2D eigenvalue weighted by Crippen LogP contribution is -2.35. The third kappa shape index (κ3) is 3.07. The minimum absolute atomic E-state index is 0.131. The van der Waals surface area contributed by atoms with E-state index in [0.717, 1.165) is 47.6 Å². The Hall–Kier alpha value is -0.870. The zero-order valence-electron chi connectivity index (χ0n) is 11.5. The van der Waals surface area contributed by atoms with Crippen LogP contribution in [0.5, 0.6) is 0 Å². The molecule has 3 rings (SSSR count). The van der Waals surface area contributed by atoms with Gasteiger partial charge in [0.1, 0.15) is 0 Å². The van der Waals surface area contributed by atoms with Gasteiger partial charge in [0.15, 0.2) is 0 Å². The fraction of sp³-hybridized carbons (Fsp3) is 0.562. The summed E-state index contributed by atoms with van der Waals surface area (Å²) in [5, 5.41) is 3.20. The molecule has 0 bridgehead atoms. The number of amides is 1. The number of halogens is 1. The predicted octanol–water partition coefficient (Wildman–Crippen LogP) is 2.62. The highest BCUT2D eigenvalue weighted by Gasteiger charge is 2.40. The van der Waals surface area contributed by atoms with Gasteiger partial charge < -0.3 is 11.1 Å². The highest BCUT2D eigenvalue weighted by Crippen LogP contribution is 2.43. The minimum atomic E-state index is 0.131. The van der Waals surface area contributed by atoms with Crippen LogP contribution in [0.25, 0.3) is 0 Å². The fourth-order valence-corrected chi connectivity index (χ4v) is 4.30. The van der Waals surface area contributed by atoms with Gasteiger partial charge in [-0.2, -0.15) is 0 Å². The number of fused-ring (bicyclic) bond motifs is 1. The van der Waals surface area contributed by atoms with Gasteiger partial charge in [-0.25, -0.2) is 0 Å². The molecule has 2 aliphatic carbocycles. The molecule has 0 radical (unpaired) electrons. The molecule has 4 heteroatoms. The van der Waals surface area contributed by atoms with Gasteiger partial charge in [0, 0.05) is 16.6 Å². The first kappa shape index (κ1) is 14.1. The van der Waals surface area contributed by atoms with E-state index >= 15 is 0 Å². The first-order valence-electron chi connectivity index (χ1n) is 7.40. The number of hydrogen-bond donors (Lipinski definition) is 2. The van der Waals surface area contributed by atoms with Crippen LogP contribution in [-0.2, 0) is 11.2 Å². The molecule has 0 aromatic heterocycles. The molecule has 0 spiro atoms. The third-order valence-electron chi connectivity index (χ3n) is 4.73. The van der Waals surface area contributed by atoms with Gasteiger partial charge in [0.25, 0.3) is 0 Å². The number of carbonyl (C=O) groups is 1. The number of hydrogen-bond acceptors (Lipinski definition) is 2. The quantitative estimate of drug-likeness (QED) is 0.891. The molecule has 2 aliphatic rings. The van der Waals surface area contributed by atoms with Gasteiger partial charge in [0.2, 0.25) is 5.91 Å². The van der Waals surface area contributed by atoms with Crippen LogP contribution in [0.3, 0.4) is 0 Å². The Morgan fingerprint density at radius 1 is 1.20 bits per heavy atom. The average Bonchev–Trinajstić information content (AvgIpc) is 2.88. The Bertz CT molecular complexity index is 491. The van der Waals surface area contributed by atoms with Crippen molar-refractivity contribution >= 4 is 21.8 Å². The lowest BCUT2D eigenvalue weighted by molar-refractivity contribution is -0.121. The summed E-state index contributed by atoms with van der Waals surface area (Å²) in [7, 11) is 0. The van der Waals surface area contributed by atoms with E-state index in [1.165, 1.54) is 0 Å². The molecule has 1 aromatic carbocycles. The monoisotopic (exact) mass is 336 g/mol. The van der Waals surface area contributed by atoms with Crippen LogP contribution in [0.4, 0.5) is 0 Å². The highest BCUT2D eigenvalue weighted by atomic mass is 79.9. The molecule has 1 aromatic rings. The van der Waals surface area contributed by atoms with Gasteiger partial charge in [-0.1, -0.05) is 34.1 Å². The number of benzene rings is 1. The predicted molar refractivity (Wildman–Crippen MR) is 83.2 cm³/mol. The summed E-state index contributed by atoms with van der Waals surface area (Å²) in [4.78, 5) is 12.1. The lowest BCUT2D eigenvalue weighted by atomic mass is 10.0. The smallest absolute Gasteiger partial charge is 0.224 e. The second kappa shape index (κ2) is 5.86. The summed E-state index contributed by atoms with van der Waals surface area (Å²) in [5.74, 6) is 1.60. The summed E-state index contributed by atoms with van der Waals surface area (Å²) >= 11 is 3.49. The Kier molecular flexibility index (Phi) is 4.13. The average molecular weight is 337 g/mol. The molecule has 3 N–H and O–H groups in total.